The Kier molecular flexibility index (Phi) is 4.54. The number of anilines is 2. The average Bonchev–Trinajstić information content (AvgIpc) is 3.10. The summed E-state index contributed by atoms with van der Waals surface area (Å²) >= 11 is 0. The number of esters is 1. The van der Waals surface area contributed by atoms with Crippen LogP contribution in [0.4, 0.5) is 11.4 Å². The molecular weight excluding hydrogens is 336 g/mol. The average molecular weight is 354 g/mol. The number of hydrogen-bond donors (Lipinski definition) is 0. The van der Waals surface area contributed by atoms with Gasteiger partial charge < -0.3 is 9.64 Å². The number of carbonyl (C=O) groups is 1. The van der Waals surface area contributed by atoms with E-state index in [9.17, 15) is 4.79 Å². The molecule has 0 saturated carbocycles. The highest BCUT2D eigenvalue weighted by atomic mass is 16.6. The summed E-state index contributed by atoms with van der Waals surface area (Å²) < 4.78 is 5.29. The van der Waals surface area contributed by atoms with Crippen molar-refractivity contribution in [2.45, 2.75) is 0 Å². The van der Waals surface area contributed by atoms with Gasteiger partial charge in [-0.1, -0.05) is 48.5 Å². The topological polar surface area (TPSA) is 41.9 Å². The number of rotatable bonds is 4. The summed E-state index contributed by atoms with van der Waals surface area (Å²) in [7, 11) is 2.02. The molecule has 0 bridgehead atoms. The van der Waals surface area contributed by atoms with E-state index in [-0.39, 0.29) is 0 Å². The van der Waals surface area contributed by atoms with E-state index in [1.165, 1.54) is 0 Å². The fourth-order valence-corrected chi connectivity index (χ4v) is 2.87. The SMILES string of the molecule is CN(c1ccccc1)c1ccc(/C=C2/N=C(c3ccccc3)OC2=O)cc1. The fraction of sp³-hybridized carbons (Fsp3) is 0.0435. The highest BCUT2D eigenvalue weighted by Crippen LogP contribution is 2.25. The minimum Gasteiger partial charge on any atom is -0.402 e. The van der Waals surface area contributed by atoms with Gasteiger partial charge in [-0.2, -0.15) is 0 Å². The van der Waals surface area contributed by atoms with E-state index in [0.717, 1.165) is 22.5 Å². The molecule has 0 atom stereocenters. The first-order chi connectivity index (χ1) is 13.2. The zero-order valence-electron chi connectivity index (χ0n) is 14.9. The van der Waals surface area contributed by atoms with Crippen LogP contribution in [-0.4, -0.2) is 18.9 Å². The number of aliphatic imine (C=N–C) groups is 1. The molecule has 27 heavy (non-hydrogen) atoms. The molecule has 0 aromatic heterocycles. The van der Waals surface area contributed by atoms with Crippen molar-refractivity contribution in [1.82, 2.24) is 0 Å². The summed E-state index contributed by atoms with van der Waals surface area (Å²) in [4.78, 5) is 18.5. The number of cyclic esters (lactones) is 1. The van der Waals surface area contributed by atoms with Gasteiger partial charge in [-0.15, -0.1) is 0 Å². The van der Waals surface area contributed by atoms with E-state index in [1.54, 1.807) is 6.08 Å². The molecule has 0 saturated heterocycles. The van der Waals surface area contributed by atoms with Crippen LogP contribution in [0, 0.1) is 0 Å². The third-order valence-electron chi connectivity index (χ3n) is 4.37. The minimum absolute atomic E-state index is 0.304. The van der Waals surface area contributed by atoms with Crippen molar-refractivity contribution in [1.29, 1.82) is 0 Å². The third-order valence-corrected chi connectivity index (χ3v) is 4.37. The molecule has 0 radical (unpaired) electrons. The number of para-hydroxylation sites is 1. The lowest BCUT2D eigenvalue weighted by atomic mass is 10.1. The van der Waals surface area contributed by atoms with Gasteiger partial charge in [0.2, 0.25) is 5.90 Å². The monoisotopic (exact) mass is 354 g/mol. The lowest BCUT2D eigenvalue weighted by Crippen LogP contribution is -2.08. The predicted molar refractivity (Wildman–Crippen MR) is 108 cm³/mol. The zero-order chi connectivity index (χ0) is 18.6. The quantitative estimate of drug-likeness (QED) is 0.499. The molecule has 0 N–H and O–H groups in total. The number of carbonyl (C=O) groups excluding carboxylic acids is 1. The summed E-state index contributed by atoms with van der Waals surface area (Å²) in [6, 6.07) is 27.5. The molecule has 4 heteroatoms. The second-order valence-corrected chi connectivity index (χ2v) is 6.19. The Balaban J connectivity index is 1.56. The Hall–Kier alpha value is -3.66. The van der Waals surface area contributed by atoms with Crippen LogP contribution in [0.1, 0.15) is 11.1 Å². The van der Waals surface area contributed by atoms with E-state index < -0.39 is 5.97 Å². The van der Waals surface area contributed by atoms with E-state index in [4.69, 9.17) is 4.74 Å². The van der Waals surface area contributed by atoms with Gasteiger partial charge in [-0.05, 0) is 48.0 Å². The van der Waals surface area contributed by atoms with Crippen LogP contribution < -0.4 is 4.90 Å². The first-order valence-electron chi connectivity index (χ1n) is 8.67. The van der Waals surface area contributed by atoms with Gasteiger partial charge in [-0.25, -0.2) is 9.79 Å². The van der Waals surface area contributed by atoms with Crippen LogP contribution in [0.2, 0.25) is 0 Å². The van der Waals surface area contributed by atoms with Crippen LogP contribution in [0.3, 0.4) is 0 Å². The number of hydrogen-bond acceptors (Lipinski definition) is 4. The second kappa shape index (κ2) is 7.30. The molecule has 3 aromatic carbocycles. The minimum atomic E-state index is -0.431. The molecular formula is C23H18N2O2. The van der Waals surface area contributed by atoms with Gasteiger partial charge in [0.15, 0.2) is 5.70 Å². The highest BCUT2D eigenvalue weighted by Gasteiger charge is 2.23. The van der Waals surface area contributed by atoms with Gasteiger partial charge in [0.05, 0.1) is 0 Å². The van der Waals surface area contributed by atoms with Crippen molar-refractivity contribution < 1.29 is 9.53 Å². The number of nitrogens with zero attached hydrogens (tertiary/aromatic N) is 2. The van der Waals surface area contributed by atoms with E-state index >= 15 is 0 Å². The lowest BCUT2D eigenvalue weighted by molar-refractivity contribution is -0.129. The first kappa shape index (κ1) is 16.8. The Morgan fingerprint density at radius 3 is 2.07 bits per heavy atom. The van der Waals surface area contributed by atoms with E-state index in [2.05, 4.69) is 22.0 Å². The molecule has 1 heterocycles. The van der Waals surface area contributed by atoms with Crippen molar-refractivity contribution in [3.8, 4) is 0 Å². The molecule has 1 aliphatic heterocycles. The number of ether oxygens (including phenoxy) is 1. The zero-order valence-corrected chi connectivity index (χ0v) is 14.9. The molecule has 132 valence electrons. The van der Waals surface area contributed by atoms with Crippen molar-refractivity contribution >= 4 is 29.3 Å². The molecule has 4 rings (SSSR count). The van der Waals surface area contributed by atoms with Crippen LogP contribution in [-0.2, 0) is 9.53 Å². The van der Waals surface area contributed by atoms with Gasteiger partial charge in [0.25, 0.3) is 0 Å². The first-order valence-corrected chi connectivity index (χ1v) is 8.67. The molecule has 0 amide bonds. The van der Waals surface area contributed by atoms with Gasteiger partial charge >= 0.3 is 5.97 Å². The largest absolute Gasteiger partial charge is 0.402 e. The molecule has 0 spiro atoms. The van der Waals surface area contributed by atoms with Crippen LogP contribution in [0.5, 0.6) is 0 Å². The molecule has 1 aliphatic rings. The standard InChI is InChI=1S/C23H18N2O2/c1-25(19-10-6-3-7-11-19)20-14-12-17(13-15-20)16-21-23(26)27-22(24-21)18-8-4-2-5-9-18/h2-16H,1H3/b21-16+. The van der Waals surface area contributed by atoms with Gasteiger partial charge in [0, 0.05) is 24.0 Å². The molecule has 0 unspecified atom stereocenters. The molecule has 0 fully saturated rings. The van der Waals surface area contributed by atoms with Crippen molar-refractivity contribution in [2.24, 2.45) is 4.99 Å². The maximum absolute atomic E-state index is 12.1. The Morgan fingerprint density at radius 1 is 0.815 bits per heavy atom. The van der Waals surface area contributed by atoms with Crippen LogP contribution >= 0.6 is 0 Å². The normalized spacial score (nSPS) is 14.8. The van der Waals surface area contributed by atoms with Gasteiger partial charge in [0.1, 0.15) is 0 Å². The maximum atomic E-state index is 12.1. The van der Waals surface area contributed by atoms with Crippen LogP contribution in [0.15, 0.2) is 95.6 Å². The number of benzene rings is 3. The van der Waals surface area contributed by atoms with Crippen molar-refractivity contribution in [2.75, 3.05) is 11.9 Å². The summed E-state index contributed by atoms with van der Waals surface area (Å²) in [6.45, 7) is 0. The van der Waals surface area contributed by atoms with Crippen molar-refractivity contribution in [3.63, 3.8) is 0 Å². The highest BCUT2D eigenvalue weighted by molar-refractivity contribution is 6.12. The summed E-state index contributed by atoms with van der Waals surface area (Å²) in [5.41, 5.74) is 4.16. The summed E-state index contributed by atoms with van der Waals surface area (Å²) in [5.74, 6) is -0.0911. The van der Waals surface area contributed by atoms with E-state index in [1.807, 2.05) is 79.8 Å². The smallest absolute Gasteiger partial charge is 0.363 e. The summed E-state index contributed by atoms with van der Waals surface area (Å²) in [5, 5.41) is 0. The van der Waals surface area contributed by atoms with E-state index in [0.29, 0.717) is 11.6 Å². The third kappa shape index (κ3) is 3.65. The van der Waals surface area contributed by atoms with Gasteiger partial charge in [-0.3, -0.25) is 0 Å². The van der Waals surface area contributed by atoms with Crippen molar-refractivity contribution in [3.05, 3.63) is 102 Å². The Morgan fingerprint density at radius 2 is 1.41 bits per heavy atom. The molecule has 3 aromatic rings. The maximum Gasteiger partial charge on any atom is 0.363 e. The predicted octanol–water partition coefficient (Wildman–Crippen LogP) is 4.80. The summed E-state index contributed by atoms with van der Waals surface area (Å²) in [6.07, 6.45) is 1.74. The Bertz CT molecular complexity index is 1010. The van der Waals surface area contributed by atoms with Crippen LogP contribution in [0.25, 0.3) is 6.08 Å². The lowest BCUT2D eigenvalue weighted by Gasteiger charge is -2.19. The molecule has 0 aliphatic carbocycles. The Labute approximate surface area is 158 Å². The fourth-order valence-electron chi connectivity index (χ4n) is 2.87. The molecule has 4 nitrogen and oxygen atoms in total. The second-order valence-electron chi connectivity index (χ2n) is 6.19.